The van der Waals surface area contributed by atoms with Crippen LogP contribution >= 0.6 is 15.9 Å². The Hall–Kier alpha value is -1.07. The van der Waals surface area contributed by atoms with Crippen molar-refractivity contribution < 1.29 is 9.53 Å². The van der Waals surface area contributed by atoms with Crippen LogP contribution in [0.4, 0.5) is 0 Å². The normalized spacial score (nSPS) is 25.7. The molecule has 2 aliphatic heterocycles. The van der Waals surface area contributed by atoms with E-state index in [0.717, 1.165) is 48.1 Å². The Morgan fingerprint density at radius 2 is 2.14 bits per heavy atom. The van der Waals surface area contributed by atoms with Gasteiger partial charge >= 0.3 is 0 Å². The van der Waals surface area contributed by atoms with Crippen LogP contribution in [0.15, 0.2) is 22.7 Å². The van der Waals surface area contributed by atoms with Crippen LogP contribution in [-0.2, 0) is 4.79 Å². The van der Waals surface area contributed by atoms with Crippen molar-refractivity contribution in [3.8, 4) is 5.75 Å². The Labute approximate surface area is 140 Å². The summed E-state index contributed by atoms with van der Waals surface area (Å²) in [6.45, 7) is 5.80. The summed E-state index contributed by atoms with van der Waals surface area (Å²) in [5, 5.41) is 3.43. The van der Waals surface area contributed by atoms with Crippen molar-refractivity contribution in [1.82, 2.24) is 10.2 Å². The lowest BCUT2D eigenvalue weighted by atomic mass is 10.1. The van der Waals surface area contributed by atoms with E-state index in [1.165, 1.54) is 0 Å². The third-order valence-corrected chi connectivity index (χ3v) is 5.27. The van der Waals surface area contributed by atoms with Crippen molar-refractivity contribution >= 4 is 21.8 Å². The van der Waals surface area contributed by atoms with E-state index in [2.05, 4.69) is 26.1 Å². The Morgan fingerprint density at radius 3 is 2.91 bits per heavy atom. The summed E-state index contributed by atoms with van der Waals surface area (Å²) >= 11 is 3.51. The molecule has 1 aromatic carbocycles. The first-order chi connectivity index (χ1) is 10.6. The number of halogens is 1. The van der Waals surface area contributed by atoms with E-state index in [1.807, 2.05) is 32.0 Å². The molecule has 4 nitrogen and oxygen atoms in total. The number of carbonyl (C=O) groups excluding carboxylic acids is 1. The summed E-state index contributed by atoms with van der Waals surface area (Å²) in [6, 6.07) is 6.62. The number of nitrogens with one attached hydrogen (secondary N) is 1. The van der Waals surface area contributed by atoms with Crippen LogP contribution in [0.5, 0.6) is 5.75 Å². The van der Waals surface area contributed by atoms with Crippen molar-refractivity contribution in [2.75, 3.05) is 13.1 Å². The van der Waals surface area contributed by atoms with Gasteiger partial charge in [0.1, 0.15) is 5.75 Å². The van der Waals surface area contributed by atoms with Gasteiger partial charge in [-0.05, 0) is 73.3 Å². The third-order valence-electron chi connectivity index (χ3n) is 4.65. The summed E-state index contributed by atoms with van der Waals surface area (Å²) in [5.74, 6) is 0.843. The molecule has 1 N–H and O–H groups in total. The molecular weight excluding hydrogens is 344 g/mol. The van der Waals surface area contributed by atoms with E-state index in [0.29, 0.717) is 12.1 Å². The molecule has 22 heavy (non-hydrogen) atoms. The highest BCUT2D eigenvalue weighted by atomic mass is 79.9. The molecule has 0 aromatic heterocycles. The zero-order valence-electron chi connectivity index (χ0n) is 13.1. The van der Waals surface area contributed by atoms with Gasteiger partial charge in [-0.15, -0.1) is 0 Å². The molecule has 3 unspecified atom stereocenters. The number of benzene rings is 1. The molecule has 2 aliphatic rings. The molecular formula is C17H23BrN2O2. The molecule has 2 saturated heterocycles. The second-order valence-electron chi connectivity index (χ2n) is 6.32. The fraction of sp³-hybridized carbons (Fsp3) is 0.588. The second kappa shape index (κ2) is 6.59. The lowest BCUT2D eigenvalue weighted by Gasteiger charge is -2.30. The minimum Gasteiger partial charge on any atom is -0.480 e. The van der Waals surface area contributed by atoms with E-state index in [9.17, 15) is 4.79 Å². The summed E-state index contributed by atoms with van der Waals surface area (Å²) < 4.78 is 6.82. The number of nitrogens with zero attached hydrogens (tertiary/aromatic N) is 1. The van der Waals surface area contributed by atoms with Crippen LogP contribution < -0.4 is 10.1 Å². The molecule has 0 radical (unpaired) electrons. The molecule has 2 heterocycles. The molecule has 0 spiro atoms. The zero-order chi connectivity index (χ0) is 15.7. The standard InChI is InChI=1S/C17H23BrN2O2/c1-11-3-6-16(15(18)9-11)22-12(2)17(21)20-13-4-5-14(20)10-19-8-7-13/h3,6,9,12-14,19H,4-5,7-8,10H2,1-2H3. The minimum absolute atomic E-state index is 0.115. The predicted octanol–water partition coefficient (Wildman–Crippen LogP) is 2.88. The van der Waals surface area contributed by atoms with Crippen LogP contribution in [0.3, 0.4) is 0 Å². The molecule has 5 heteroatoms. The quantitative estimate of drug-likeness (QED) is 0.893. The van der Waals surface area contributed by atoms with Gasteiger partial charge in [-0.25, -0.2) is 0 Å². The van der Waals surface area contributed by atoms with Crippen molar-refractivity contribution in [1.29, 1.82) is 0 Å². The smallest absolute Gasteiger partial charge is 0.263 e. The highest BCUT2D eigenvalue weighted by Gasteiger charge is 2.40. The van der Waals surface area contributed by atoms with Gasteiger partial charge in [-0.1, -0.05) is 6.07 Å². The second-order valence-corrected chi connectivity index (χ2v) is 7.17. The van der Waals surface area contributed by atoms with E-state index < -0.39 is 6.10 Å². The average molecular weight is 367 g/mol. The minimum atomic E-state index is -0.458. The summed E-state index contributed by atoms with van der Waals surface area (Å²) in [6.07, 6.45) is 2.81. The maximum absolute atomic E-state index is 12.9. The lowest BCUT2D eigenvalue weighted by molar-refractivity contribution is -0.140. The summed E-state index contributed by atoms with van der Waals surface area (Å²) in [7, 11) is 0. The van der Waals surface area contributed by atoms with Crippen molar-refractivity contribution in [3.63, 3.8) is 0 Å². The number of fused-ring (bicyclic) bond motifs is 2. The van der Waals surface area contributed by atoms with Crippen molar-refractivity contribution in [3.05, 3.63) is 28.2 Å². The number of aryl methyl sites for hydroxylation is 1. The monoisotopic (exact) mass is 366 g/mol. The molecule has 120 valence electrons. The van der Waals surface area contributed by atoms with Gasteiger partial charge in [0, 0.05) is 18.6 Å². The molecule has 1 amide bonds. The summed E-state index contributed by atoms with van der Waals surface area (Å²) in [5.41, 5.74) is 1.16. The number of rotatable bonds is 3. The summed E-state index contributed by atoms with van der Waals surface area (Å²) in [4.78, 5) is 14.9. The first-order valence-corrected chi connectivity index (χ1v) is 8.81. The SMILES string of the molecule is Cc1ccc(OC(C)C(=O)N2C3CCNCC2CC3)c(Br)c1. The highest BCUT2D eigenvalue weighted by molar-refractivity contribution is 9.10. The van der Waals surface area contributed by atoms with Gasteiger partial charge in [0.15, 0.2) is 6.10 Å². The van der Waals surface area contributed by atoms with Crippen LogP contribution in [0, 0.1) is 6.92 Å². The highest BCUT2D eigenvalue weighted by Crippen LogP contribution is 2.31. The molecule has 0 saturated carbocycles. The molecule has 2 bridgehead atoms. The fourth-order valence-corrected chi connectivity index (χ4v) is 4.08. The Bertz CT molecular complexity index is 550. The van der Waals surface area contributed by atoms with Crippen LogP contribution in [-0.4, -0.2) is 42.1 Å². The van der Waals surface area contributed by atoms with Gasteiger partial charge in [-0.2, -0.15) is 0 Å². The number of ether oxygens (including phenoxy) is 1. The first kappa shape index (κ1) is 15.8. The van der Waals surface area contributed by atoms with E-state index in [-0.39, 0.29) is 5.91 Å². The van der Waals surface area contributed by atoms with Gasteiger partial charge in [0.25, 0.3) is 5.91 Å². The maximum Gasteiger partial charge on any atom is 0.263 e. The first-order valence-electron chi connectivity index (χ1n) is 8.02. The lowest BCUT2D eigenvalue weighted by Crippen LogP contribution is -2.48. The van der Waals surface area contributed by atoms with Gasteiger partial charge in [0.05, 0.1) is 4.47 Å². The van der Waals surface area contributed by atoms with Gasteiger partial charge < -0.3 is 15.0 Å². The number of amides is 1. The van der Waals surface area contributed by atoms with E-state index in [1.54, 1.807) is 0 Å². The van der Waals surface area contributed by atoms with Crippen molar-refractivity contribution in [2.24, 2.45) is 0 Å². The maximum atomic E-state index is 12.9. The van der Waals surface area contributed by atoms with Gasteiger partial charge in [0.2, 0.25) is 0 Å². The van der Waals surface area contributed by atoms with Crippen LogP contribution in [0.2, 0.25) is 0 Å². The van der Waals surface area contributed by atoms with Crippen LogP contribution in [0.1, 0.15) is 31.7 Å². The number of hydrogen-bond donors (Lipinski definition) is 1. The van der Waals surface area contributed by atoms with E-state index in [4.69, 9.17) is 4.74 Å². The zero-order valence-corrected chi connectivity index (χ0v) is 14.7. The Balaban J connectivity index is 1.71. The number of carbonyl (C=O) groups is 1. The molecule has 0 aliphatic carbocycles. The van der Waals surface area contributed by atoms with Crippen molar-refractivity contribution in [2.45, 2.75) is 51.3 Å². The molecule has 3 rings (SSSR count). The van der Waals surface area contributed by atoms with Gasteiger partial charge in [-0.3, -0.25) is 4.79 Å². The molecule has 2 fully saturated rings. The Kier molecular flexibility index (Phi) is 4.73. The fourth-order valence-electron chi connectivity index (χ4n) is 3.49. The topological polar surface area (TPSA) is 41.6 Å². The number of hydrogen-bond acceptors (Lipinski definition) is 3. The Morgan fingerprint density at radius 1 is 1.36 bits per heavy atom. The predicted molar refractivity (Wildman–Crippen MR) is 90.1 cm³/mol. The van der Waals surface area contributed by atoms with Crippen LogP contribution in [0.25, 0.3) is 0 Å². The third kappa shape index (κ3) is 3.15. The average Bonchev–Trinajstić information content (AvgIpc) is 2.74. The van der Waals surface area contributed by atoms with E-state index >= 15 is 0 Å². The molecule has 1 aromatic rings. The molecule has 3 atom stereocenters. The largest absolute Gasteiger partial charge is 0.480 e.